The summed E-state index contributed by atoms with van der Waals surface area (Å²) in [4.78, 5) is 17.0. The van der Waals surface area contributed by atoms with Gasteiger partial charge in [0.25, 0.3) is 0 Å². The molecule has 0 atom stereocenters. The lowest BCUT2D eigenvalue weighted by atomic mass is 10.1. The molecule has 0 unspecified atom stereocenters. The van der Waals surface area contributed by atoms with Crippen LogP contribution in [0, 0.1) is 6.92 Å². The first-order valence-corrected chi connectivity index (χ1v) is 11.7. The maximum Gasteiger partial charge on any atom is 0.230 e. The Labute approximate surface area is 197 Å². The Kier molecular flexibility index (Phi) is 6.59. The minimum atomic E-state index is -1.03. The molecule has 0 aliphatic rings. The molecule has 0 saturated carbocycles. The molecule has 10 heteroatoms. The molecule has 0 aliphatic heterocycles. The second kappa shape index (κ2) is 9.42. The predicted molar refractivity (Wildman–Crippen MR) is 134 cm³/mol. The zero-order chi connectivity index (χ0) is 23.6. The third-order valence-electron chi connectivity index (χ3n) is 5.12. The first-order chi connectivity index (χ1) is 15.7. The van der Waals surface area contributed by atoms with Crippen LogP contribution >= 0.6 is 11.3 Å². The summed E-state index contributed by atoms with van der Waals surface area (Å²) >= 11 is 1.57. The molecule has 9 nitrogen and oxygen atoms in total. The van der Waals surface area contributed by atoms with E-state index in [4.69, 9.17) is 9.97 Å². The second-order valence-electron chi connectivity index (χ2n) is 8.86. The average molecular weight is 467 g/mol. The van der Waals surface area contributed by atoms with E-state index in [1.165, 1.54) is 0 Å². The number of aromatic nitrogens is 5. The van der Waals surface area contributed by atoms with Crippen molar-refractivity contribution in [2.75, 3.05) is 31.3 Å². The SMILES string of the molecule is Cc1csc2nc(Nc3cnn(CCCN(C)C)c3)nc(Nc3cccc(C(C)(C)O)n3)c12. The topological polar surface area (TPSA) is 104 Å². The number of pyridine rings is 1. The van der Waals surface area contributed by atoms with Crippen LogP contribution in [0.1, 0.15) is 31.5 Å². The lowest BCUT2D eigenvalue weighted by Crippen LogP contribution is -2.17. The highest BCUT2D eigenvalue weighted by Gasteiger charge is 2.19. The van der Waals surface area contributed by atoms with Gasteiger partial charge in [-0.3, -0.25) is 4.68 Å². The number of hydrogen-bond donors (Lipinski definition) is 3. The first kappa shape index (κ1) is 23.1. The summed E-state index contributed by atoms with van der Waals surface area (Å²) < 4.78 is 1.92. The Morgan fingerprint density at radius 1 is 1.15 bits per heavy atom. The van der Waals surface area contributed by atoms with Crippen LogP contribution in [0.25, 0.3) is 10.2 Å². The average Bonchev–Trinajstić information content (AvgIpc) is 3.34. The van der Waals surface area contributed by atoms with Crippen molar-refractivity contribution >= 4 is 44.8 Å². The van der Waals surface area contributed by atoms with Crippen molar-refractivity contribution in [1.82, 2.24) is 29.6 Å². The number of fused-ring (bicyclic) bond motifs is 1. The highest BCUT2D eigenvalue weighted by atomic mass is 32.1. The lowest BCUT2D eigenvalue weighted by Gasteiger charge is -2.17. The molecule has 174 valence electrons. The number of nitrogens with zero attached hydrogens (tertiary/aromatic N) is 6. The van der Waals surface area contributed by atoms with E-state index in [0.29, 0.717) is 23.3 Å². The number of thiophene rings is 1. The largest absolute Gasteiger partial charge is 0.384 e. The minimum absolute atomic E-state index is 0.485. The van der Waals surface area contributed by atoms with Gasteiger partial charge in [0.2, 0.25) is 5.95 Å². The van der Waals surface area contributed by atoms with Crippen molar-refractivity contribution in [2.45, 2.75) is 39.3 Å². The number of rotatable bonds is 9. The van der Waals surface area contributed by atoms with Gasteiger partial charge in [0.15, 0.2) is 0 Å². The van der Waals surface area contributed by atoms with Crippen LogP contribution in [-0.2, 0) is 12.1 Å². The molecule has 4 heterocycles. The Bertz CT molecular complexity index is 1240. The molecule has 0 spiro atoms. The molecular weight excluding hydrogens is 436 g/mol. The van der Waals surface area contributed by atoms with Gasteiger partial charge in [0.1, 0.15) is 22.1 Å². The molecule has 0 aromatic carbocycles. The van der Waals surface area contributed by atoms with Crippen LogP contribution < -0.4 is 10.6 Å². The molecule has 33 heavy (non-hydrogen) atoms. The van der Waals surface area contributed by atoms with Crippen molar-refractivity contribution in [3.05, 3.63) is 47.2 Å². The zero-order valence-electron chi connectivity index (χ0n) is 19.6. The molecule has 3 N–H and O–H groups in total. The van der Waals surface area contributed by atoms with Crippen LogP contribution in [0.3, 0.4) is 0 Å². The number of anilines is 4. The van der Waals surface area contributed by atoms with Crippen molar-refractivity contribution in [3.8, 4) is 0 Å². The summed E-state index contributed by atoms with van der Waals surface area (Å²) in [7, 11) is 4.13. The standard InChI is InChI=1S/C23H30N8OS/c1-15-14-33-21-19(15)20(27-18-9-6-8-17(26-18)23(2,3)32)28-22(29-21)25-16-12-24-31(13-16)11-7-10-30(4)5/h6,8-9,12-14,32H,7,10-11H2,1-5H3,(H2,25,26,27,28,29). The molecule has 0 saturated heterocycles. The van der Waals surface area contributed by atoms with Crippen LogP contribution in [0.4, 0.5) is 23.3 Å². The normalized spacial score (nSPS) is 12.0. The molecule has 0 fully saturated rings. The number of aliphatic hydroxyl groups is 1. The van der Waals surface area contributed by atoms with Gasteiger partial charge in [-0.2, -0.15) is 10.1 Å². The summed E-state index contributed by atoms with van der Waals surface area (Å²) in [5.41, 5.74) is 1.48. The smallest absolute Gasteiger partial charge is 0.230 e. The van der Waals surface area contributed by atoms with E-state index in [0.717, 1.165) is 41.0 Å². The van der Waals surface area contributed by atoms with Gasteiger partial charge < -0.3 is 20.6 Å². The zero-order valence-corrected chi connectivity index (χ0v) is 20.4. The van der Waals surface area contributed by atoms with Crippen molar-refractivity contribution in [2.24, 2.45) is 0 Å². The Morgan fingerprint density at radius 2 is 1.97 bits per heavy atom. The van der Waals surface area contributed by atoms with Gasteiger partial charge in [-0.25, -0.2) is 9.97 Å². The van der Waals surface area contributed by atoms with Gasteiger partial charge in [0, 0.05) is 12.7 Å². The molecule has 4 aromatic heterocycles. The molecule has 0 amide bonds. The van der Waals surface area contributed by atoms with E-state index < -0.39 is 5.60 Å². The monoisotopic (exact) mass is 466 g/mol. The Hall–Kier alpha value is -3.08. The molecule has 0 bridgehead atoms. The second-order valence-corrected chi connectivity index (χ2v) is 9.72. The van der Waals surface area contributed by atoms with E-state index in [-0.39, 0.29) is 0 Å². The third kappa shape index (κ3) is 5.65. The minimum Gasteiger partial charge on any atom is -0.384 e. The third-order valence-corrected chi connectivity index (χ3v) is 6.11. The number of aryl methyl sites for hydroxylation is 2. The Balaban J connectivity index is 1.59. The van der Waals surface area contributed by atoms with Crippen molar-refractivity contribution < 1.29 is 5.11 Å². The van der Waals surface area contributed by atoms with Crippen molar-refractivity contribution in [3.63, 3.8) is 0 Å². The van der Waals surface area contributed by atoms with Gasteiger partial charge in [0.05, 0.1) is 23.0 Å². The first-order valence-electron chi connectivity index (χ1n) is 10.9. The van der Waals surface area contributed by atoms with E-state index in [2.05, 4.69) is 45.1 Å². The fraction of sp³-hybridized carbons (Fsp3) is 0.391. The van der Waals surface area contributed by atoms with E-state index in [1.807, 2.05) is 29.9 Å². The summed E-state index contributed by atoms with van der Waals surface area (Å²) in [5.74, 6) is 1.76. The van der Waals surface area contributed by atoms with Crippen molar-refractivity contribution in [1.29, 1.82) is 0 Å². The van der Waals surface area contributed by atoms with Gasteiger partial charge >= 0.3 is 0 Å². The van der Waals surface area contributed by atoms with Gasteiger partial charge in [-0.05, 0) is 70.9 Å². The molecule has 4 aromatic rings. The highest BCUT2D eigenvalue weighted by molar-refractivity contribution is 7.17. The van der Waals surface area contributed by atoms with E-state index in [9.17, 15) is 5.11 Å². The molecular formula is C23H30N8OS. The maximum atomic E-state index is 10.3. The van der Waals surface area contributed by atoms with Crippen LogP contribution in [0.2, 0.25) is 0 Å². The maximum absolute atomic E-state index is 10.3. The number of hydrogen-bond acceptors (Lipinski definition) is 9. The summed E-state index contributed by atoms with van der Waals surface area (Å²) in [5, 5.41) is 24.4. The highest BCUT2D eigenvalue weighted by Crippen LogP contribution is 2.33. The lowest BCUT2D eigenvalue weighted by molar-refractivity contribution is 0.0740. The van der Waals surface area contributed by atoms with Gasteiger partial charge in [-0.15, -0.1) is 11.3 Å². The van der Waals surface area contributed by atoms with Crippen LogP contribution in [0.5, 0.6) is 0 Å². The van der Waals surface area contributed by atoms with E-state index >= 15 is 0 Å². The van der Waals surface area contributed by atoms with E-state index in [1.54, 1.807) is 37.4 Å². The summed E-state index contributed by atoms with van der Waals surface area (Å²) in [6, 6.07) is 5.53. The number of nitrogens with one attached hydrogen (secondary N) is 2. The van der Waals surface area contributed by atoms with Crippen LogP contribution in [-0.4, -0.2) is 55.4 Å². The summed E-state index contributed by atoms with van der Waals surface area (Å²) in [6.45, 7) is 7.33. The molecule has 4 rings (SSSR count). The molecule has 0 aliphatic carbocycles. The predicted octanol–water partition coefficient (Wildman–Crippen LogP) is 4.26. The fourth-order valence-electron chi connectivity index (χ4n) is 3.43. The fourth-order valence-corrected chi connectivity index (χ4v) is 4.35. The Morgan fingerprint density at radius 3 is 2.73 bits per heavy atom. The van der Waals surface area contributed by atoms with Gasteiger partial charge in [-0.1, -0.05) is 6.07 Å². The van der Waals surface area contributed by atoms with Crippen LogP contribution in [0.15, 0.2) is 36.0 Å². The summed E-state index contributed by atoms with van der Waals surface area (Å²) in [6.07, 6.45) is 4.77. The quantitative estimate of drug-likeness (QED) is 0.336. The molecule has 0 radical (unpaired) electrons.